The maximum atomic E-state index is 11.9. The maximum absolute atomic E-state index is 11.9. The highest BCUT2D eigenvalue weighted by Gasteiger charge is 2.41. The van der Waals surface area contributed by atoms with Gasteiger partial charge in [-0.15, -0.1) is 0 Å². The molecule has 1 heterocycles. The lowest BCUT2D eigenvalue weighted by Crippen LogP contribution is -2.46. The monoisotopic (exact) mass is 271 g/mol. The predicted molar refractivity (Wildman–Crippen MR) is 68.6 cm³/mol. The normalized spacial score (nSPS) is 23.8. The predicted octanol–water partition coefficient (Wildman–Crippen LogP) is 0.0172. The molecule has 1 aliphatic heterocycles. The van der Waals surface area contributed by atoms with E-state index in [-0.39, 0.29) is 18.4 Å². The van der Waals surface area contributed by atoms with Crippen LogP contribution in [0.15, 0.2) is 0 Å². The topological polar surface area (TPSA) is 98.7 Å². The SMILES string of the molecule is CNC(=O)C1(C)CCN(C(=O)NC(C)CC(=O)O)C1. The summed E-state index contributed by atoms with van der Waals surface area (Å²) in [4.78, 5) is 35.7. The maximum Gasteiger partial charge on any atom is 0.317 e. The van der Waals surface area contributed by atoms with Crippen LogP contribution < -0.4 is 10.6 Å². The minimum absolute atomic E-state index is 0.0821. The van der Waals surface area contributed by atoms with Crippen LogP contribution in [0.3, 0.4) is 0 Å². The van der Waals surface area contributed by atoms with Gasteiger partial charge < -0.3 is 20.6 Å². The number of likely N-dealkylation sites (tertiary alicyclic amines) is 1. The van der Waals surface area contributed by atoms with Crippen molar-refractivity contribution in [3.8, 4) is 0 Å². The number of carbonyl (C=O) groups is 3. The van der Waals surface area contributed by atoms with Crippen LogP contribution in [0.25, 0.3) is 0 Å². The first kappa shape index (κ1) is 15.3. The summed E-state index contributed by atoms with van der Waals surface area (Å²) in [6.07, 6.45) is 0.486. The van der Waals surface area contributed by atoms with Gasteiger partial charge >= 0.3 is 12.0 Å². The molecule has 0 saturated carbocycles. The lowest BCUT2D eigenvalue weighted by Gasteiger charge is -2.24. The number of carboxylic acids is 1. The van der Waals surface area contributed by atoms with Crippen molar-refractivity contribution in [3.63, 3.8) is 0 Å². The number of nitrogens with zero attached hydrogens (tertiary/aromatic N) is 1. The molecule has 0 aliphatic carbocycles. The summed E-state index contributed by atoms with van der Waals surface area (Å²) >= 11 is 0. The molecule has 1 rings (SSSR count). The number of amides is 3. The second kappa shape index (κ2) is 5.90. The van der Waals surface area contributed by atoms with E-state index in [0.29, 0.717) is 19.5 Å². The van der Waals surface area contributed by atoms with Crippen molar-refractivity contribution < 1.29 is 19.5 Å². The van der Waals surface area contributed by atoms with Gasteiger partial charge in [0, 0.05) is 26.2 Å². The second-order valence-corrected chi connectivity index (χ2v) is 5.26. The molecule has 0 aromatic heterocycles. The van der Waals surface area contributed by atoms with Gasteiger partial charge in [-0.25, -0.2) is 4.79 Å². The highest BCUT2D eigenvalue weighted by Crippen LogP contribution is 2.29. The highest BCUT2D eigenvalue weighted by atomic mass is 16.4. The Labute approximate surface area is 112 Å². The molecule has 108 valence electrons. The molecule has 2 atom stereocenters. The molecule has 7 heteroatoms. The number of aliphatic carboxylic acids is 1. The minimum Gasteiger partial charge on any atom is -0.481 e. The van der Waals surface area contributed by atoms with Crippen molar-refractivity contribution in [1.29, 1.82) is 0 Å². The third kappa shape index (κ3) is 3.84. The van der Waals surface area contributed by atoms with Gasteiger partial charge in [-0.05, 0) is 20.3 Å². The molecule has 1 saturated heterocycles. The second-order valence-electron chi connectivity index (χ2n) is 5.26. The van der Waals surface area contributed by atoms with Crippen molar-refractivity contribution >= 4 is 17.9 Å². The summed E-state index contributed by atoms with van der Waals surface area (Å²) in [7, 11) is 1.57. The van der Waals surface area contributed by atoms with E-state index in [1.807, 2.05) is 6.92 Å². The van der Waals surface area contributed by atoms with Crippen molar-refractivity contribution in [2.45, 2.75) is 32.7 Å². The Bertz CT molecular complexity index is 385. The summed E-state index contributed by atoms with van der Waals surface area (Å²) < 4.78 is 0. The molecule has 2 unspecified atom stereocenters. The van der Waals surface area contributed by atoms with Crippen molar-refractivity contribution in [2.75, 3.05) is 20.1 Å². The van der Waals surface area contributed by atoms with Gasteiger partial charge in [0.05, 0.1) is 11.8 Å². The molecule has 0 aromatic rings. The van der Waals surface area contributed by atoms with Gasteiger partial charge in [-0.2, -0.15) is 0 Å². The van der Waals surface area contributed by atoms with Crippen LogP contribution in [0.2, 0.25) is 0 Å². The summed E-state index contributed by atoms with van der Waals surface area (Å²) in [5.41, 5.74) is -0.567. The van der Waals surface area contributed by atoms with Crippen LogP contribution in [-0.2, 0) is 9.59 Å². The van der Waals surface area contributed by atoms with E-state index < -0.39 is 17.4 Å². The average Bonchev–Trinajstić information content (AvgIpc) is 2.71. The lowest BCUT2D eigenvalue weighted by atomic mass is 9.89. The molecule has 3 amide bonds. The fourth-order valence-corrected chi connectivity index (χ4v) is 2.24. The summed E-state index contributed by atoms with van der Waals surface area (Å²) in [6, 6.07) is -0.752. The number of hydrogen-bond acceptors (Lipinski definition) is 3. The molecule has 3 N–H and O–H groups in total. The molecular weight excluding hydrogens is 250 g/mol. The Kier molecular flexibility index (Phi) is 4.74. The Balaban J connectivity index is 2.52. The van der Waals surface area contributed by atoms with E-state index >= 15 is 0 Å². The third-order valence-corrected chi connectivity index (χ3v) is 3.39. The van der Waals surface area contributed by atoms with Gasteiger partial charge in [0.25, 0.3) is 0 Å². The molecule has 0 spiro atoms. The first-order valence-electron chi connectivity index (χ1n) is 6.28. The number of urea groups is 1. The number of nitrogens with one attached hydrogen (secondary N) is 2. The van der Waals surface area contributed by atoms with E-state index in [1.165, 1.54) is 0 Å². The molecule has 19 heavy (non-hydrogen) atoms. The van der Waals surface area contributed by atoms with Gasteiger partial charge in [0.1, 0.15) is 0 Å². The van der Waals surface area contributed by atoms with Gasteiger partial charge in [0.15, 0.2) is 0 Å². The fourth-order valence-electron chi connectivity index (χ4n) is 2.24. The zero-order valence-electron chi connectivity index (χ0n) is 11.5. The Morgan fingerprint density at radius 2 is 2.05 bits per heavy atom. The fraction of sp³-hybridized carbons (Fsp3) is 0.750. The summed E-state index contributed by atoms with van der Waals surface area (Å²) in [5, 5.41) is 13.9. The van der Waals surface area contributed by atoms with Crippen LogP contribution in [-0.4, -0.2) is 54.1 Å². The van der Waals surface area contributed by atoms with Crippen molar-refractivity contribution in [3.05, 3.63) is 0 Å². The molecule has 1 fully saturated rings. The molecule has 0 bridgehead atoms. The quantitative estimate of drug-likeness (QED) is 0.671. The summed E-state index contributed by atoms with van der Waals surface area (Å²) in [6.45, 7) is 4.30. The third-order valence-electron chi connectivity index (χ3n) is 3.39. The van der Waals surface area contributed by atoms with Crippen molar-refractivity contribution in [2.24, 2.45) is 5.41 Å². The Morgan fingerprint density at radius 3 is 2.58 bits per heavy atom. The van der Waals surface area contributed by atoms with Gasteiger partial charge in [0.2, 0.25) is 5.91 Å². The first-order valence-corrected chi connectivity index (χ1v) is 6.28. The first-order chi connectivity index (χ1) is 8.78. The highest BCUT2D eigenvalue weighted by molar-refractivity contribution is 5.84. The van der Waals surface area contributed by atoms with Crippen LogP contribution in [0.1, 0.15) is 26.7 Å². The van der Waals surface area contributed by atoms with E-state index in [2.05, 4.69) is 10.6 Å². The molecule has 0 radical (unpaired) electrons. The van der Waals surface area contributed by atoms with Crippen LogP contribution >= 0.6 is 0 Å². The Morgan fingerprint density at radius 1 is 1.42 bits per heavy atom. The number of carboxylic acid groups (broad SMARTS) is 1. The number of carbonyl (C=O) groups excluding carboxylic acids is 2. The molecule has 1 aliphatic rings. The van der Waals surface area contributed by atoms with Crippen LogP contribution in [0.5, 0.6) is 0 Å². The number of rotatable bonds is 4. The lowest BCUT2D eigenvalue weighted by molar-refractivity contribution is -0.137. The smallest absolute Gasteiger partial charge is 0.317 e. The van der Waals surface area contributed by atoms with E-state index in [0.717, 1.165) is 0 Å². The standard InChI is InChI=1S/C12H21N3O4/c1-8(6-9(16)17)14-11(19)15-5-4-12(2,7-15)10(18)13-3/h8H,4-7H2,1-3H3,(H,13,18)(H,14,19)(H,16,17). The van der Waals surface area contributed by atoms with E-state index in [1.54, 1.807) is 18.9 Å². The largest absolute Gasteiger partial charge is 0.481 e. The molecule has 0 aromatic carbocycles. The summed E-state index contributed by atoms with van der Waals surface area (Å²) in [5.74, 6) is -1.04. The minimum atomic E-state index is -0.954. The van der Waals surface area contributed by atoms with E-state index in [9.17, 15) is 14.4 Å². The Hall–Kier alpha value is -1.79. The zero-order chi connectivity index (χ0) is 14.6. The van der Waals surface area contributed by atoms with Gasteiger partial charge in [-0.1, -0.05) is 0 Å². The van der Waals surface area contributed by atoms with Crippen LogP contribution in [0, 0.1) is 5.41 Å². The average molecular weight is 271 g/mol. The van der Waals surface area contributed by atoms with Crippen LogP contribution in [0.4, 0.5) is 4.79 Å². The van der Waals surface area contributed by atoms with Crippen molar-refractivity contribution in [1.82, 2.24) is 15.5 Å². The molecular formula is C12H21N3O4. The van der Waals surface area contributed by atoms with E-state index in [4.69, 9.17) is 5.11 Å². The zero-order valence-corrected chi connectivity index (χ0v) is 11.5. The number of hydrogen-bond donors (Lipinski definition) is 3. The molecule has 7 nitrogen and oxygen atoms in total. The van der Waals surface area contributed by atoms with Gasteiger partial charge in [-0.3, -0.25) is 9.59 Å².